The smallest absolute Gasteiger partial charge is 0.744 e. The van der Waals surface area contributed by atoms with Gasteiger partial charge in [-0.2, -0.15) is 30.7 Å². The van der Waals surface area contributed by atoms with Gasteiger partial charge in [0.1, 0.15) is 46.2 Å². The third-order valence-electron chi connectivity index (χ3n) is 8.20. The van der Waals surface area contributed by atoms with Gasteiger partial charge < -0.3 is 23.4 Å². The van der Waals surface area contributed by atoms with Gasteiger partial charge in [-0.15, -0.1) is 0 Å². The van der Waals surface area contributed by atoms with E-state index in [9.17, 15) is 57.1 Å². The van der Waals surface area contributed by atoms with Crippen molar-refractivity contribution in [3.05, 3.63) is 150 Å². The normalized spacial score (nSPS) is 12.4. The van der Waals surface area contributed by atoms with Crippen molar-refractivity contribution in [1.29, 1.82) is 0 Å². The number of rotatable bonds is 14. The van der Waals surface area contributed by atoms with Crippen LogP contribution in [0.1, 0.15) is 11.1 Å². The van der Waals surface area contributed by atoms with Crippen LogP contribution in [0.2, 0.25) is 0 Å². The van der Waals surface area contributed by atoms with Crippen LogP contribution in [0, 0.1) is 5.21 Å². The van der Waals surface area contributed by atoms with Gasteiger partial charge in [-0.25, -0.2) is 33.7 Å². The second kappa shape index (κ2) is 25.7. The summed E-state index contributed by atoms with van der Waals surface area (Å²) in [6.45, 7) is 0. The maximum atomic E-state index is 12.8. The molecule has 0 spiro atoms. The summed E-state index contributed by atoms with van der Waals surface area (Å²) < 4.78 is 140. The van der Waals surface area contributed by atoms with E-state index < -0.39 is 60.1 Å². The van der Waals surface area contributed by atoms with Gasteiger partial charge in [0.2, 0.25) is 5.69 Å². The number of hydrogen-bond donors (Lipinski definition) is 0. The van der Waals surface area contributed by atoms with E-state index in [2.05, 4.69) is 35.8 Å². The Hall–Kier alpha value is -3.10. The Kier molecular flexibility index (Phi) is 23.0. The molecule has 21 nitrogen and oxygen atoms in total. The number of hydrogen-bond acceptors (Lipinski definition) is 20. The summed E-state index contributed by atoms with van der Waals surface area (Å²) in [6, 6.07) is 27.5. The minimum absolute atomic E-state index is 0. The quantitative estimate of drug-likeness (QED) is 0.0258. The van der Waals surface area contributed by atoms with Gasteiger partial charge in [-0.3, -0.25) is 0 Å². The van der Waals surface area contributed by atoms with Crippen LogP contribution in [0.3, 0.4) is 0 Å². The summed E-state index contributed by atoms with van der Waals surface area (Å²) in [4.78, 5) is -2.28. The molecule has 0 heterocycles. The second-order valence-corrected chi connectivity index (χ2v) is 18.0. The first-order chi connectivity index (χ1) is 29.6. The maximum Gasteiger partial charge on any atom is 1.00 e. The molecule has 67 heavy (non-hydrogen) atoms. The van der Waals surface area contributed by atoms with E-state index in [1.165, 1.54) is 91.0 Å². The molecular weight excluding hydrogens is 997 g/mol. The summed E-state index contributed by atoms with van der Waals surface area (Å²) in [6.07, 6.45) is 2.16. The predicted octanol–water partition coefficient (Wildman–Crippen LogP) is -3.34. The average Bonchev–Trinajstić information content (AvgIpc) is 3.23. The molecule has 0 fully saturated rings. The Labute approximate surface area is 472 Å². The van der Waals surface area contributed by atoms with Gasteiger partial charge >= 0.3 is 118 Å². The van der Waals surface area contributed by atoms with Gasteiger partial charge in [0.25, 0.3) is 0 Å². The minimum Gasteiger partial charge on any atom is -0.744 e. The third-order valence-corrected chi connectivity index (χ3v) is 11.7. The van der Waals surface area contributed by atoms with Crippen LogP contribution in [0.15, 0.2) is 189 Å². The molecule has 0 N–H and O–H groups in total. The van der Waals surface area contributed by atoms with E-state index in [1.54, 1.807) is 0 Å². The van der Waals surface area contributed by atoms with Gasteiger partial charge in [0, 0.05) is 17.2 Å². The fourth-order valence-electron chi connectivity index (χ4n) is 5.16. The van der Waals surface area contributed by atoms with Crippen molar-refractivity contribution >= 4 is 98.1 Å². The summed E-state index contributed by atoms with van der Waals surface area (Å²) in [5, 5.41) is 40.5. The first kappa shape index (κ1) is 60.0. The number of nitrogens with zero attached hydrogens (tertiary/aromatic N) is 8. The summed E-state index contributed by atoms with van der Waals surface area (Å²) >= 11 is 0. The van der Waals surface area contributed by atoms with Crippen molar-refractivity contribution in [3.63, 3.8) is 0 Å². The fraction of sp³-hybridized carbons (Fsp3) is 0. The Morgan fingerprint density at radius 3 is 0.955 bits per heavy atom. The van der Waals surface area contributed by atoms with Crippen LogP contribution < -0.4 is 118 Å². The standard InChI is InChI=1S/C38H28N8O13S4.4Na/c47-46(34-17-11-29(12-18-34)40-42-31-15-21-36(22-16-31)61(51,52)53)45-33-6-4-26(38(24-33)63(57,58)59)2-1-25-3-5-32(23-37(25)62(54,55)56)44-43-28-9-7-27(8-10-28)39-41-30-13-19-35(20-14-30)60(48,49)50;;;;/h1-24H,(H,48,49,50)(H,51,52,53)(H,54,55,56)(H,57,58,59);;;;/q;4*+1/p-4/b2-1+,41-39?,42-40?,44-43?,46-45?;;;;. The van der Waals surface area contributed by atoms with Crippen molar-refractivity contribution < 1.29 is 175 Å². The Balaban J connectivity index is 0.00000385. The van der Waals surface area contributed by atoms with Crippen LogP contribution in [0.4, 0.5) is 45.5 Å². The second-order valence-electron chi connectivity index (χ2n) is 12.6. The molecule has 6 rings (SSSR count). The molecule has 0 aromatic heterocycles. The molecule has 0 atom stereocenters. The maximum absolute atomic E-state index is 12.8. The first-order valence-electron chi connectivity index (χ1n) is 17.3. The first-order valence-corrected chi connectivity index (χ1v) is 22.9. The van der Waals surface area contributed by atoms with Gasteiger partial charge in [0.05, 0.1) is 53.7 Å². The van der Waals surface area contributed by atoms with Crippen molar-refractivity contribution in [2.24, 2.45) is 35.8 Å². The topological polar surface area (TPSA) is 341 Å². The van der Waals surface area contributed by atoms with E-state index in [4.69, 9.17) is 0 Å². The Morgan fingerprint density at radius 2 is 0.627 bits per heavy atom. The molecular formula is C38H24N8Na4O13S4. The van der Waals surface area contributed by atoms with Crippen LogP contribution in [0.25, 0.3) is 12.2 Å². The zero-order valence-electron chi connectivity index (χ0n) is 35.4. The van der Waals surface area contributed by atoms with Gasteiger partial charge in [0.15, 0.2) is 0 Å². The molecule has 0 amide bonds. The van der Waals surface area contributed by atoms with E-state index in [0.29, 0.717) is 11.4 Å². The zero-order chi connectivity index (χ0) is 45.6. The summed E-state index contributed by atoms with van der Waals surface area (Å²) in [5.41, 5.74) is 0.698. The minimum atomic E-state index is -5.21. The van der Waals surface area contributed by atoms with Crippen LogP contribution in [0.5, 0.6) is 0 Å². The molecule has 322 valence electrons. The molecule has 0 radical (unpaired) electrons. The molecule has 0 saturated heterocycles. The summed E-state index contributed by atoms with van der Waals surface area (Å²) in [5.74, 6) is 0. The molecule has 0 aliphatic carbocycles. The summed E-state index contributed by atoms with van der Waals surface area (Å²) in [7, 11) is -19.6. The monoisotopic (exact) mass is 1020 g/mol. The molecule has 29 heteroatoms. The van der Waals surface area contributed by atoms with E-state index in [-0.39, 0.29) is 168 Å². The Bertz CT molecular complexity index is 3330. The number of azo groups is 4. The molecule has 0 unspecified atom stereocenters. The van der Waals surface area contributed by atoms with E-state index >= 15 is 0 Å². The zero-order valence-corrected chi connectivity index (χ0v) is 46.6. The third kappa shape index (κ3) is 17.7. The van der Waals surface area contributed by atoms with Crippen LogP contribution >= 0.6 is 0 Å². The van der Waals surface area contributed by atoms with Gasteiger partial charge in [-0.05, 0) is 120 Å². The van der Waals surface area contributed by atoms with Gasteiger partial charge in [-0.1, -0.05) is 29.1 Å². The van der Waals surface area contributed by atoms with E-state index in [0.717, 1.165) is 54.6 Å². The van der Waals surface area contributed by atoms with Crippen LogP contribution in [-0.2, 0) is 40.5 Å². The predicted molar refractivity (Wildman–Crippen MR) is 217 cm³/mol. The van der Waals surface area contributed by atoms with Crippen molar-refractivity contribution in [3.8, 4) is 0 Å². The van der Waals surface area contributed by atoms with E-state index in [1.807, 2.05) is 0 Å². The van der Waals surface area contributed by atoms with Crippen molar-refractivity contribution in [2.75, 3.05) is 0 Å². The van der Waals surface area contributed by atoms with Crippen molar-refractivity contribution in [2.45, 2.75) is 19.6 Å². The SMILES string of the molecule is O=S(=O)([O-])c1ccc(N=Nc2ccc(N=Nc3ccc(/C=C/c4ccc(N=[N+]([O-])c5ccc(N=Nc6ccc(S(=O)(=O)[O-])cc6)cc5)cc4S(=O)(=O)[O-])c(S(=O)(=O)[O-])c3)cc2)cc1.[Na+].[Na+].[Na+].[Na+]. The molecule has 0 bridgehead atoms. The van der Waals surface area contributed by atoms with Crippen LogP contribution in [-0.4, -0.2) is 56.7 Å². The molecule has 6 aromatic rings. The molecule has 0 aliphatic rings. The number of benzene rings is 6. The average molecular weight is 1020 g/mol. The molecule has 0 saturated carbocycles. The molecule has 6 aromatic carbocycles. The van der Waals surface area contributed by atoms with Crippen molar-refractivity contribution in [1.82, 2.24) is 0 Å². The largest absolute Gasteiger partial charge is 1.00 e. The fourth-order valence-corrected chi connectivity index (χ4v) is 7.48. The molecule has 0 aliphatic heterocycles. The Morgan fingerprint density at radius 1 is 0.358 bits per heavy atom.